The van der Waals surface area contributed by atoms with E-state index in [4.69, 9.17) is 37.9 Å². The first-order valence-electron chi connectivity index (χ1n) is 16.7. The summed E-state index contributed by atoms with van der Waals surface area (Å²) in [7, 11) is 3.35. The van der Waals surface area contributed by atoms with E-state index in [1.165, 1.54) is 7.11 Å². The Balaban J connectivity index is 1.64. The van der Waals surface area contributed by atoms with E-state index in [0.29, 0.717) is 56.0 Å². The minimum absolute atomic E-state index is 0.0230. The number of carbonyl (C=O) groups is 1. The SMILES string of the molecule is COCOc1cc(OC)cc(CCC[C@@H]2OC(C)(C)O[C@@H]2C(O)/C=C\C[C@H](C)OCc2ccc(OC)cc2)c1C(=O)OCC[Si](C)(C)C. The summed E-state index contributed by atoms with van der Waals surface area (Å²) in [6.45, 7) is 13.2. The van der Waals surface area contributed by atoms with Crippen LogP contribution in [0.1, 0.15) is 61.5 Å². The summed E-state index contributed by atoms with van der Waals surface area (Å²) in [6.07, 6.45) is 4.27. The van der Waals surface area contributed by atoms with Crippen LogP contribution in [0.5, 0.6) is 17.2 Å². The summed E-state index contributed by atoms with van der Waals surface area (Å²) in [4.78, 5) is 13.4. The number of ether oxygens (including phenoxy) is 8. The van der Waals surface area contributed by atoms with Gasteiger partial charge in [0.1, 0.15) is 35.0 Å². The van der Waals surface area contributed by atoms with Gasteiger partial charge in [0.15, 0.2) is 12.6 Å². The summed E-state index contributed by atoms with van der Waals surface area (Å²) >= 11 is 0. The monoisotopic (exact) mass is 688 g/mol. The number of aryl methyl sites for hydroxylation is 1. The van der Waals surface area contributed by atoms with Crippen molar-refractivity contribution in [1.82, 2.24) is 0 Å². The van der Waals surface area contributed by atoms with E-state index in [9.17, 15) is 9.90 Å². The van der Waals surface area contributed by atoms with Crippen molar-refractivity contribution in [3.8, 4) is 17.2 Å². The van der Waals surface area contributed by atoms with Gasteiger partial charge in [-0.2, -0.15) is 0 Å². The Hall–Kier alpha value is -2.93. The average Bonchev–Trinajstić information content (AvgIpc) is 3.35. The molecule has 1 N–H and O–H groups in total. The predicted molar refractivity (Wildman–Crippen MR) is 188 cm³/mol. The van der Waals surface area contributed by atoms with Gasteiger partial charge in [0.2, 0.25) is 0 Å². The molecule has 0 spiro atoms. The minimum Gasteiger partial charge on any atom is -0.497 e. The first-order chi connectivity index (χ1) is 22.7. The molecule has 1 aliphatic heterocycles. The van der Waals surface area contributed by atoms with Crippen LogP contribution in [0.3, 0.4) is 0 Å². The highest BCUT2D eigenvalue weighted by atomic mass is 28.3. The third-order valence-corrected chi connectivity index (χ3v) is 9.71. The van der Waals surface area contributed by atoms with E-state index < -0.39 is 32.0 Å². The van der Waals surface area contributed by atoms with Crippen molar-refractivity contribution in [3.63, 3.8) is 0 Å². The van der Waals surface area contributed by atoms with Crippen LogP contribution in [0.2, 0.25) is 25.7 Å². The van der Waals surface area contributed by atoms with E-state index in [1.54, 1.807) is 26.4 Å². The first kappa shape index (κ1) is 39.5. The van der Waals surface area contributed by atoms with E-state index in [0.717, 1.165) is 22.9 Å². The third kappa shape index (κ3) is 12.8. The van der Waals surface area contributed by atoms with Crippen molar-refractivity contribution in [3.05, 3.63) is 65.2 Å². The third-order valence-electron chi connectivity index (χ3n) is 8.00. The lowest BCUT2D eigenvalue weighted by Gasteiger charge is -2.21. The zero-order chi connectivity index (χ0) is 35.3. The fourth-order valence-corrected chi connectivity index (χ4v) is 6.08. The van der Waals surface area contributed by atoms with Crippen LogP contribution >= 0.6 is 0 Å². The lowest BCUT2D eigenvalue weighted by Crippen LogP contribution is -2.34. The average molecular weight is 689 g/mol. The highest BCUT2D eigenvalue weighted by Crippen LogP contribution is 2.35. The quantitative estimate of drug-likeness (QED) is 0.0680. The van der Waals surface area contributed by atoms with Gasteiger partial charge in [0, 0.05) is 21.3 Å². The van der Waals surface area contributed by atoms with Crippen LogP contribution in [-0.2, 0) is 36.7 Å². The molecule has 0 aromatic heterocycles. The molecule has 0 radical (unpaired) electrons. The smallest absolute Gasteiger partial charge is 0.342 e. The Kier molecular flexibility index (Phi) is 15.4. The Morgan fingerprint density at radius 3 is 2.40 bits per heavy atom. The van der Waals surface area contributed by atoms with Gasteiger partial charge in [0.05, 0.1) is 39.6 Å². The van der Waals surface area contributed by atoms with Crippen LogP contribution in [-0.4, -0.2) is 84.1 Å². The number of benzene rings is 2. The predicted octanol–water partition coefficient (Wildman–Crippen LogP) is 6.94. The maximum absolute atomic E-state index is 13.4. The van der Waals surface area contributed by atoms with E-state index in [2.05, 4.69) is 19.6 Å². The first-order valence-corrected chi connectivity index (χ1v) is 20.4. The van der Waals surface area contributed by atoms with Crippen molar-refractivity contribution in [2.75, 3.05) is 34.7 Å². The number of hydrogen-bond donors (Lipinski definition) is 1. The Morgan fingerprint density at radius 2 is 1.75 bits per heavy atom. The van der Waals surface area contributed by atoms with Crippen molar-refractivity contribution >= 4 is 14.0 Å². The zero-order valence-corrected chi connectivity index (χ0v) is 31.2. The van der Waals surface area contributed by atoms with Crippen LogP contribution in [0.25, 0.3) is 0 Å². The molecule has 268 valence electrons. The normalized spacial score (nSPS) is 18.9. The molecule has 0 aliphatic carbocycles. The summed E-state index contributed by atoms with van der Waals surface area (Å²) in [6, 6.07) is 12.2. The van der Waals surface area contributed by atoms with Crippen molar-refractivity contribution in [2.45, 2.75) is 109 Å². The molecule has 1 aliphatic rings. The molecule has 0 saturated carbocycles. The Bertz CT molecular complexity index is 1300. The second-order valence-corrected chi connectivity index (χ2v) is 19.4. The standard InChI is InChI=1S/C37H56O10Si/c1-26(44-24-27-16-18-29(41-5)19-17-27)12-10-14-31(38)35-32(46-37(2,3)47-35)15-11-13-28-22-30(42-6)23-33(45-25-40-4)34(28)36(39)43-20-21-48(7,8)9/h10,14,16-19,22-23,26,31-32,35,38H,11-13,15,20-21,24-25H2,1-9H3/b14-10-/t26-,31?,32-,35+/m0/s1. The van der Waals surface area contributed by atoms with Gasteiger partial charge in [-0.1, -0.05) is 43.9 Å². The summed E-state index contributed by atoms with van der Waals surface area (Å²) in [5.41, 5.74) is 2.18. The minimum atomic E-state index is -1.40. The lowest BCUT2D eigenvalue weighted by molar-refractivity contribution is -0.152. The zero-order valence-electron chi connectivity index (χ0n) is 30.2. The summed E-state index contributed by atoms with van der Waals surface area (Å²) in [5.74, 6) is 0.451. The maximum atomic E-state index is 13.4. The molecule has 48 heavy (non-hydrogen) atoms. The Morgan fingerprint density at radius 1 is 1.04 bits per heavy atom. The maximum Gasteiger partial charge on any atom is 0.342 e. The number of aliphatic hydroxyl groups is 1. The number of methoxy groups -OCH3 is 3. The largest absolute Gasteiger partial charge is 0.497 e. The lowest BCUT2D eigenvalue weighted by atomic mass is 9.96. The van der Waals surface area contributed by atoms with Gasteiger partial charge in [-0.05, 0) is 81.8 Å². The molecule has 10 nitrogen and oxygen atoms in total. The number of aliphatic hydroxyl groups excluding tert-OH is 1. The van der Waals surface area contributed by atoms with Gasteiger partial charge in [-0.15, -0.1) is 0 Å². The summed E-state index contributed by atoms with van der Waals surface area (Å²) in [5, 5.41) is 11.1. The van der Waals surface area contributed by atoms with Gasteiger partial charge in [-0.25, -0.2) is 4.79 Å². The summed E-state index contributed by atoms with van der Waals surface area (Å²) < 4.78 is 45.8. The van der Waals surface area contributed by atoms with Gasteiger partial charge >= 0.3 is 5.97 Å². The van der Waals surface area contributed by atoms with Crippen LogP contribution in [0.4, 0.5) is 0 Å². The second-order valence-electron chi connectivity index (χ2n) is 13.8. The number of carbonyl (C=O) groups excluding carboxylic acids is 1. The molecule has 1 unspecified atom stereocenters. The molecule has 0 bridgehead atoms. The molecule has 0 amide bonds. The molecule has 3 rings (SSSR count). The molecular weight excluding hydrogens is 632 g/mol. The number of hydrogen-bond acceptors (Lipinski definition) is 10. The molecule has 2 aromatic rings. The van der Waals surface area contributed by atoms with E-state index in [-0.39, 0.29) is 19.0 Å². The molecule has 1 saturated heterocycles. The number of esters is 1. The molecular formula is C37H56O10Si. The molecule has 4 atom stereocenters. The Labute approximate surface area is 287 Å². The fraction of sp³-hybridized carbons (Fsp3) is 0.595. The fourth-order valence-electron chi connectivity index (χ4n) is 5.37. The molecule has 11 heteroatoms. The van der Waals surface area contributed by atoms with Gasteiger partial charge in [-0.3, -0.25) is 0 Å². The van der Waals surface area contributed by atoms with Crippen LogP contribution in [0.15, 0.2) is 48.6 Å². The molecule has 2 aromatic carbocycles. The second kappa shape index (κ2) is 18.7. The van der Waals surface area contributed by atoms with Gasteiger partial charge < -0.3 is 43.0 Å². The van der Waals surface area contributed by atoms with E-state index in [1.807, 2.05) is 57.2 Å². The molecule has 1 heterocycles. The van der Waals surface area contributed by atoms with Crippen molar-refractivity contribution < 1.29 is 47.8 Å². The molecule has 1 fully saturated rings. The van der Waals surface area contributed by atoms with Crippen molar-refractivity contribution in [1.29, 1.82) is 0 Å². The van der Waals surface area contributed by atoms with Crippen LogP contribution in [0, 0.1) is 0 Å². The highest BCUT2D eigenvalue weighted by Gasteiger charge is 2.43. The van der Waals surface area contributed by atoms with Crippen LogP contribution < -0.4 is 14.2 Å². The highest BCUT2D eigenvalue weighted by molar-refractivity contribution is 6.76. The topological polar surface area (TPSA) is 111 Å². The van der Waals surface area contributed by atoms with Gasteiger partial charge in [0.25, 0.3) is 0 Å². The number of rotatable bonds is 20. The van der Waals surface area contributed by atoms with E-state index >= 15 is 0 Å². The van der Waals surface area contributed by atoms with Crippen molar-refractivity contribution in [2.24, 2.45) is 0 Å².